The average Bonchev–Trinajstić information content (AvgIpc) is 2.46. The first kappa shape index (κ1) is 17.3. The number of carboxylic acid groups (broad SMARTS) is 1. The number of benzene rings is 1. The van der Waals surface area contributed by atoms with E-state index in [0.717, 1.165) is 0 Å². The molecule has 0 bridgehead atoms. The van der Waals surface area contributed by atoms with E-state index in [9.17, 15) is 9.59 Å². The molecule has 0 aliphatic carbocycles. The number of carboxylic acids is 1. The lowest BCUT2D eigenvalue weighted by Crippen LogP contribution is -2.41. The van der Waals surface area contributed by atoms with Crippen LogP contribution in [-0.4, -0.2) is 49.0 Å². The van der Waals surface area contributed by atoms with Gasteiger partial charge in [0.2, 0.25) is 0 Å². The SMILES string of the molecule is COc1cc(C(=O)NC(CCO)C(=O)O)cc(OC)c1Br. The number of carbonyl (C=O) groups is 2. The molecule has 0 aliphatic heterocycles. The van der Waals surface area contributed by atoms with Gasteiger partial charge >= 0.3 is 5.97 Å². The van der Waals surface area contributed by atoms with Crippen LogP contribution in [0.4, 0.5) is 0 Å². The Morgan fingerprint density at radius 2 is 1.81 bits per heavy atom. The molecule has 116 valence electrons. The minimum Gasteiger partial charge on any atom is -0.495 e. The van der Waals surface area contributed by atoms with Crippen LogP contribution in [0.1, 0.15) is 16.8 Å². The highest BCUT2D eigenvalue weighted by atomic mass is 79.9. The summed E-state index contributed by atoms with van der Waals surface area (Å²) in [6.07, 6.45) is -0.0775. The van der Waals surface area contributed by atoms with Gasteiger partial charge in [-0.2, -0.15) is 0 Å². The Kier molecular flexibility index (Phi) is 6.44. The molecule has 1 unspecified atom stereocenters. The Balaban J connectivity index is 3.04. The largest absolute Gasteiger partial charge is 0.495 e. The van der Waals surface area contributed by atoms with Crippen LogP contribution in [0, 0.1) is 0 Å². The summed E-state index contributed by atoms with van der Waals surface area (Å²) in [6.45, 7) is -0.343. The number of aliphatic hydroxyl groups is 1. The molecule has 7 nitrogen and oxygen atoms in total. The van der Waals surface area contributed by atoms with Crippen molar-refractivity contribution in [3.8, 4) is 11.5 Å². The molecule has 0 fully saturated rings. The average molecular weight is 362 g/mol. The third kappa shape index (κ3) is 4.33. The minimum absolute atomic E-state index is 0.0775. The lowest BCUT2D eigenvalue weighted by Gasteiger charge is -2.15. The van der Waals surface area contributed by atoms with E-state index < -0.39 is 17.9 Å². The summed E-state index contributed by atoms with van der Waals surface area (Å²) in [6, 6.07) is 1.75. The number of hydrogen-bond donors (Lipinski definition) is 3. The van der Waals surface area contributed by atoms with Crippen molar-refractivity contribution in [1.82, 2.24) is 5.32 Å². The van der Waals surface area contributed by atoms with E-state index in [-0.39, 0.29) is 18.6 Å². The zero-order valence-corrected chi connectivity index (χ0v) is 13.1. The number of halogens is 1. The van der Waals surface area contributed by atoms with Gasteiger partial charge in [0, 0.05) is 18.6 Å². The van der Waals surface area contributed by atoms with E-state index in [1.165, 1.54) is 26.4 Å². The first-order chi connectivity index (χ1) is 9.94. The van der Waals surface area contributed by atoms with Crippen LogP contribution in [0.15, 0.2) is 16.6 Å². The number of aliphatic carboxylic acids is 1. The molecule has 21 heavy (non-hydrogen) atoms. The molecule has 0 saturated carbocycles. The predicted molar refractivity (Wildman–Crippen MR) is 77.8 cm³/mol. The van der Waals surface area contributed by atoms with Crippen LogP contribution in [0.5, 0.6) is 11.5 Å². The molecular formula is C13H16BrNO6. The molecule has 1 atom stereocenters. The highest BCUT2D eigenvalue weighted by Crippen LogP contribution is 2.35. The van der Waals surface area contributed by atoms with Crippen LogP contribution in [0.25, 0.3) is 0 Å². The van der Waals surface area contributed by atoms with Crippen molar-refractivity contribution in [2.45, 2.75) is 12.5 Å². The van der Waals surface area contributed by atoms with Gasteiger partial charge in [-0.25, -0.2) is 4.79 Å². The van der Waals surface area contributed by atoms with Gasteiger partial charge in [0.05, 0.1) is 14.2 Å². The van der Waals surface area contributed by atoms with Crippen LogP contribution < -0.4 is 14.8 Å². The van der Waals surface area contributed by atoms with Gasteiger partial charge < -0.3 is 25.0 Å². The smallest absolute Gasteiger partial charge is 0.326 e. The van der Waals surface area contributed by atoms with E-state index >= 15 is 0 Å². The van der Waals surface area contributed by atoms with Gasteiger partial charge in [0.1, 0.15) is 22.0 Å². The molecule has 0 spiro atoms. The number of amides is 1. The van der Waals surface area contributed by atoms with Gasteiger partial charge in [0.25, 0.3) is 5.91 Å². The summed E-state index contributed by atoms with van der Waals surface area (Å²) in [4.78, 5) is 23.1. The van der Waals surface area contributed by atoms with Gasteiger partial charge in [-0.05, 0) is 28.1 Å². The lowest BCUT2D eigenvalue weighted by atomic mass is 10.1. The van der Waals surface area contributed by atoms with Crippen molar-refractivity contribution in [1.29, 1.82) is 0 Å². The molecule has 0 aliphatic rings. The number of ether oxygens (including phenoxy) is 2. The molecule has 0 radical (unpaired) electrons. The highest BCUT2D eigenvalue weighted by molar-refractivity contribution is 9.10. The summed E-state index contributed by atoms with van der Waals surface area (Å²) >= 11 is 3.27. The second kappa shape index (κ2) is 7.84. The topological polar surface area (TPSA) is 105 Å². The second-order valence-corrected chi connectivity index (χ2v) is 4.86. The monoisotopic (exact) mass is 361 g/mol. The first-order valence-electron chi connectivity index (χ1n) is 6.00. The number of nitrogens with one attached hydrogen (secondary N) is 1. The van der Waals surface area contributed by atoms with Gasteiger partial charge in [-0.1, -0.05) is 0 Å². The maximum Gasteiger partial charge on any atom is 0.326 e. The Bertz CT molecular complexity index is 508. The summed E-state index contributed by atoms with van der Waals surface area (Å²) in [5.74, 6) is -1.05. The van der Waals surface area contributed by atoms with Crippen molar-refractivity contribution < 1.29 is 29.3 Å². The third-order valence-corrected chi connectivity index (χ3v) is 3.51. The van der Waals surface area contributed by atoms with Gasteiger partial charge in [-0.15, -0.1) is 0 Å². The maximum absolute atomic E-state index is 12.1. The van der Waals surface area contributed by atoms with Crippen molar-refractivity contribution in [2.75, 3.05) is 20.8 Å². The Hall–Kier alpha value is -1.80. The summed E-state index contributed by atoms with van der Waals surface area (Å²) in [5, 5.41) is 20.1. The van der Waals surface area contributed by atoms with Crippen molar-refractivity contribution in [3.05, 3.63) is 22.2 Å². The van der Waals surface area contributed by atoms with Gasteiger partial charge in [0.15, 0.2) is 0 Å². The second-order valence-electron chi connectivity index (χ2n) is 4.07. The molecule has 0 saturated heterocycles. The van der Waals surface area contributed by atoms with E-state index in [4.69, 9.17) is 19.7 Å². The van der Waals surface area contributed by atoms with Crippen molar-refractivity contribution in [2.24, 2.45) is 0 Å². The molecule has 1 aromatic carbocycles. The van der Waals surface area contributed by atoms with E-state index in [0.29, 0.717) is 16.0 Å². The Labute approximate surface area is 130 Å². The molecule has 1 rings (SSSR count). The minimum atomic E-state index is -1.21. The normalized spacial score (nSPS) is 11.6. The first-order valence-corrected chi connectivity index (χ1v) is 6.80. The van der Waals surface area contributed by atoms with E-state index in [1.54, 1.807) is 0 Å². The van der Waals surface area contributed by atoms with E-state index in [2.05, 4.69) is 21.2 Å². The standard InChI is InChI=1S/C13H16BrNO6/c1-20-9-5-7(6-10(21-2)11(9)14)12(17)15-8(3-4-16)13(18)19/h5-6,8,16H,3-4H2,1-2H3,(H,15,17)(H,18,19). The highest BCUT2D eigenvalue weighted by Gasteiger charge is 2.21. The fourth-order valence-corrected chi connectivity index (χ4v) is 2.18. The fraction of sp³-hybridized carbons (Fsp3) is 0.385. The van der Waals surface area contributed by atoms with Gasteiger partial charge in [-0.3, -0.25) is 4.79 Å². The Morgan fingerprint density at radius 3 is 2.19 bits per heavy atom. The van der Waals surface area contributed by atoms with Crippen molar-refractivity contribution in [3.63, 3.8) is 0 Å². The van der Waals surface area contributed by atoms with Crippen LogP contribution in [0.2, 0.25) is 0 Å². The molecule has 1 amide bonds. The number of rotatable bonds is 7. The fourth-order valence-electron chi connectivity index (χ4n) is 1.63. The molecule has 8 heteroatoms. The number of methoxy groups -OCH3 is 2. The lowest BCUT2D eigenvalue weighted by molar-refractivity contribution is -0.139. The molecule has 0 aromatic heterocycles. The summed E-state index contributed by atoms with van der Waals surface area (Å²) in [7, 11) is 2.88. The summed E-state index contributed by atoms with van der Waals surface area (Å²) in [5.41, 5.74) is 0.191. The van der Waals surface area contributed by atoms with Crippen molar-refractivity contribution >= 4 is 27.8 Å². The van der Waals surface area contributed by atoms with E-state index in [1.807, 2.05) is 0 Å². The van der Waals surface area contributed by atoms with Crippen LogP contribution >= 0.6 is 15.9 Å². The number of aliphatic hydroxyl groups excluding tert-OH is 1. The molecular weight excluding hydrogens is 346 g/mol. The molecule has 3 N–H and O–H groups in total. The predicted octanol–water partition coefficient (Wildman–Crippen LogP) is 1.03. The van der Waals surface area contributed by atoms with Crippen LogP contribution in [-0.2, 0) is 4.79 Å². The molecule has 0 heterocycles. The number of carbonyl (C=O) groups excluding carboxylic acids is 1. The summed E-state index contributed by atoms with van der Waals surface area (Å²) < 4.78 is 10.8. The van der Waals surface area contributed by atoms with Crippen LogP contribution in [0.3, 0.4) is 0 Å². The number of hydrogen-bond acceptors (Lipinski definition) is 5. The maximum atomic E-state index is 12.1. The third-order valence-electron chi connectivity index (χ3n) is 2.73. The zero-order chi connectivity index (χ0) is 16.0. The molecule has 1 aromatic rings. The Morgan fingerprint density at radius 1 is 1.29 bits per heavy atom. The quantitative estimate of drug-likeness (QED) is 0.669. The zero-order valence-electron chi connectivity index (χ0n) is 11.6.